The van der Waals surface area contributed by atoms with E-state index in [9.17, 15) is 14.4 Å². The summed E-state index contributed by atoms with van der Waals surface area (Å²) in [6.07, 6.45) is 11.6. The van der Waals surface area contributed by atoms with Gasteiger partial charge in [0, 0.05) is 24.7 Å². The van der Waals surface area contributed by atoms with Crippen molar-refractivity contribution < 1.29 is 19.1 Å². The zero-order valence-electron chi connectivity index (χ0n) is 19.1. The summed E-state index contributed by atoms with van der Waals surface area (Å²) in [6.45, 7) is 10.4. The minimum absolute atomic E-state index is 0.0141. The molecule has 0 saturated heterocycles. The highest BCUT2D eigenvalue weighted by molar-refractivity contribution is 5.93. The first kappa shape index (κ1) is 20.5. The number of ether oxygens (including phenoxy) is 1. The maximum atomic E-state index is 12.4. The Hall–Kier alpha value is -1.45. The van der Waals surface area contributed by atoms with Gasteiger partial charge in [0.25, 0.3) is 0 Å². The van der Waals surface area contributed by atoms with Gasteiger partial charge < -0.3 is 9.53 Å². The second-order valence-corrected chi connectivity index (χ2v) is 11.8. The van der Waals surface area contributed by atoms with Crippen LogP contribution in [-0.4, -0.2) is 24.1 Å². The molecule has 0 heterocycles. The lowest BCUT2D eigenvalue weighted by Crippen LogP contribution is -2.55. The zero-order chi connectivity index (χ0) is 21.7. The summed E-state index contributed by atoms with van der Waals surface area (Å²) in [5, 5.41) is 0. The molecular weight excluding hydrogens is 376 g/mol. The number of ketones is 1. The number of esters is 1. The third-order valence-electron chi connectivity index (χ3n) is 11.1. The van der Waals surface area contributed by atoms with Gasteiger partial charge in [-0.2, -0.15) is 0 Å². The van der Waals surface area contributed by atoms with Gasteiger partial charge in [-0.3, -0.25) is 9.59 Å². The van der Waals surface area contributed by atoms with Crippen LogP contribution in [0, 0.1) is 51.2 Å². The lowest BCUT2D eigenvalue weighted by Gasteiger charge is -2.60. The summed E-state index contributed by atoms with van der Waals surface area (Å²) in [7, 11) is 0. The van der Waals surface area contributed by atoms with Gasteiger partial charge in [-0.15, -0.1) is 0 Å². The highest BCUT2D eigenvalue weighted by atomic mass is 16.5. The normalized spacial score (nSPS) is 54.3. The van der Waals surface area contributed by atoms with E-state index in [1.54, 1.807) is 0 Å². The molecule has 4 fully saturated rings. The van der Waals surface area contributed by atoms with Crippen molar-refractivity contribution in [2.45, 2.75) is 79.2 Å². The van der Waals surface area contributed by atoms with Gasteiger partial charge in [-0.1, -0.05) is 33.8 Å². The van der Waals surface area contributed by atoms with Gasteiger partial charge in [0.1, 0.15) is 12.4 Å². The Bertz CT molecular complexity index is 846. The number of carbonyl (C=O) groups excluding carboxylic acids is 3. The van der Waals surface area contributed by atoms with Crippen LogP contribution in [-0.2, 0) is 19.1 Å². The van der Waals surface area contributed by atoms with Crippen molar-refractivity contribution in [2.75, 3.05) is 0 Å². The predicted octanol–water partition coefficient (Wildman–Crippen LogP) is 4.76. The molecule has 4 heteroatoms. The molecule has 10 atom stereocenters. The van der Waals surface area contributed by atoms with Gasteiger partial charge in [0.05, 0.1) is 0 Å². The van der Waals surface area contributed by atoms with Gasteiger partial charge in [0.2, 0.25) is 0 Å². The summed E-state index contributed by atoms with van der Waals surface area (Å²) in [5.41, 5.74) is 0.509. The SMILES string of the molecule is CC(=O)O[C@H]1C[C@@]2(C)[C@@H]3CC[C@H]4[C@H](C)C(=O)C=C[C@@]45C[C@@]35CC[C@]2(C)[C@H]1[C@H](C)C=O. The highest BCUT2D eigenvalue weighted by Gasteiger charge is 2.81. The monoisotopic (exact) mass is 412 g/mol. The number of carbonyl (C=O) groups is 3. The zero-order valence-corrected chi connectivity index (χ0v) is 19.1. The lowest BCUT2D eigenvalue weighted by molar-refractivity contribution is -0.152. The molecule has 0 aromatic heterocycles. The molecule has 0 bridgehead atoms. The van der Waals surface area contributed by atoms with Crippen LogP contribution in [0.4, 0.5) is 0 Å². The average Bonchev–Trinajstić information content (AvgIpc) is 3.29. The van der Waals surface area contributed by atoms with E-state index < -0.39 is 0 Å². The van der Waals surface area contributed by atoms with E-state index in [0.717, 1.165) is 32.0 Å². The van der Waals surface area contributed by atoms with E-state index in [2.05, 4.69) is 26.8 Å². The quantitative estimate of drug-likeness (QED) is 0.495. The summed E-state index contributed by atoms with van der Waals surface area (Å²) >= 11 is 0. The third kappa shape index (κ3) is 2.16. The number of allylic oxidation sites excluding steroid dienone is 2. The summed E-state index contributed by atoms with van der Waals surface area (Å²) in [6, 6.07) is 0. The molecule has 0 aromatic carbocycles. The first-order valence-electron chi connectivity index (χ1n) is 11.9. The first-order chi connectivity index (χ1) is 14.1. The van der Waals surface area contributed by atoms with Crippen LogP contribution in [0.2, 0.25) is 0 Å². The van der Waals surface area contributed by atoms with Crippen molar-refractivity contribution in [1.29, 1.82) is 0 Å². The molecule has 0 N–H and O–H groups in total. The molecule has 0 aromatic rings. The van der Waals surface area contributed by atoms with Gasteiger partial charge in [0.15, 0.2) is 5.78 Å². The minimum atomic E-state index is -0.238. The number of hydrogen-bond acceptors (Lipinski definition) is 4. The molecule has 0 unspecified atom stereocenters. The van der Waals surface area contributed by atoms with Crippen LogP contribution < -0.4 is 0 Å². The smallest absolute Gasteiger partial charge is 0.302 e. The number of rotatable bonds is 3. The van der Waals surface area contributed by atoms with Crippen molar-refractivity contribution in [3.05, 3.63) is 12.2 Å². The maximum absolute atomic E-state index is 12.4. The Balaban J connectivity index is 1.56. The fourth-order valence-electron chi connectivity index (χ4n) is 9.73. The Kier molecular flexibility index (Phi) is 4.14. The number of fused-ring (bicyclic) bond motifs is 2. The largest absolute Gasteiger partial charge is 0.462 e. The molecule has 4 saturated carbocycles. The first-order valence-corrected chi connectivity index (χ1v) is 11.9. The molecule has 30 heavy (non-hydrogen) atoms. The molecule has 0 radical (unpaired) electrons. The standard InChI is InChI=1S/C26H36O4/c1-15(13-27)22-20(30-17(3)28)12-24(5)21-7-6-18-16(2)19(29)8-9-25(18)14-26(21,25)11-10-23(22,24)4/h8-9,13,15-16,18,20-22H,6-7,10-12,14H2,1-5H3/t15-,16+,18+,20+,21+,22+,23-,24+,25-,26+/m1/s1. The van der Waals surface area contributed by atoms with E-state index in [4.69, 9.17) is 4.74 Å². The van der Waals surface area contributed by atoms with Crippen molar-refractivity contribution in [2.24, 2.45) is 51.2 Å². The second-order valence-electron chi connectivity index (χ2n) is 11.8. The Morgan fingerprint density at radius 1 is 1.23 bits per heavy atom. The van der Waals surface area contributed by atoms with Crippen molar-refractivity contribution in [3.63, 3.8) is 0 Å². The fourth-order valence-corrected chi connectivity index (χ4v) is 9.73. The lowest BCUT2D eigenvalue weighted by atomic mass is 9.43. The second kappa shape index (κ2) is 6.07. The topological polar surface area (TPSA) is 60.4 Å². The summed E-state index contributed by atoms with van der Waals surface area (Å²) in [5.74, 6) is 1.20. The van der Waals surface area contributed by atoms with Crippen molar-refractivity contribution in [1.82, 2.24) is 0 Å². The molecule has 164 valence electrons. The molecule has 5 aliphatic carbocycles. The molecule has 0 aliphatic heterocycles. The van der Waals surface area contributed by atoms with Gasteiger partial charge >= 0.3 is 5.97 Å². The predicted molar refractivity (Wildman–Crippen MR) is 113 cm³/mol. The molecule has 5 aliphatic rings. The van der Waals surface area contributed by atoms with Crippen LogP contribution in [0.5, 0.6) is 0 Å². The van der Waals surface area contributed by atoms with Crippen LogP contribution in [0.25, 0.3) is 0 Å². The number of aldehydes is 1. The molecule has 2 spiro atoms. The van der Waals surface area contributed by atoms with Crippen LogP contribution in [0.1, 0.15) is 73.1 Å². The van der Waals surface area contributed by atoms with Crippen LogP contribution in [0.3, 0.4) is 0 Å². The van der Waals surface area contributed by atoms with E-state index in [-0.39, 0.29) is 51.5 Å². The minimum Gasteiger partial charge on any atom is -0.462 e. The fraction of sp³-hybridized carbons (Fsp3) is 0.808. The van der Waals surface area contributed by atoms with E-state index in [0.29, 0.717) is 17.6 Å². The third-order valence-corrected chi connectivity index (χ3v) is 11.1. The highest BCUT2D eigenvalue weighted by Crippen LogP contribution is 2.87. The number of hydrogen-bond donors (Lipinski definition) is 0. The van der Waals surface area contributed by atoms with Crippen LogP contribution in [0.15, 0.2) is 12.2 Å². The van der Waals surface area contributed by atoms with Crippen LogP contribution >= 0.6 is 0 Å². The Morgan fingerprint density at radius 2 is 1.97 bits per heavy atom. The van der Waals surface area contributed by atoms with Gasteiger partial charge in [-0.05, 0) is 78.1 Å². The average molecular weight is 413 g/mol. The van der Waals surface area contributed by atoms with E-state index in [1.807, 2.05) is 13.0 Å². The Morgan fingerprint density at radius 3 is 2.63 bits per heavy atom. The molecule has 4 nitrogen and oxygen atoms in total. The maximum Gasteiger partial charge on any atom is 0.302 e. The molecular formula is C26H36O4. The molecule has 5 rings (SSSR count). The molecule has 0 amide bonds. The summed E-state index contributed by atoms with van der Waals surface area (Å²) < 4.78 is 5.87. The Labute approximate surface area is 180 Å². The van der Waals surface area contributed by atoms with E-state index >= 15 is 0 Å². The van der Waals surface area contributed by atoms with Crippen molar-refractivity contribution >= 4 is 18.0 Å². The van der Waals surface area contributed by atoms with Gasteiger partial charge in [-0.25, -0.2) is 0 Å². The summed E-state index contributed by atoms with van der Waals surface area (Å²) in [4.78, 5) is 36.2. The van der Waals surface area contributed by atoms with Crippen molar-refractivity contribution in [3.8, 4) is 0 Å². The van der Waals surface area contributed by atoms with E-state index in [1.165, 1.54) is 19.8 Å².